The van der Waals surface area contributed by atoms with Crippen molar-refractivity contribution in [2.24, 2.45) is 0 Å². The molecule has 0 amide bonds. The second-order valence-electron chi connectivity index (χ2n) is 7.76. The van der Waals surface area contributed by atoms with Crippen molar-refractivity contribution in [2.75, 3.05) is 13.1 Å². The first kappa shape index (κ1) is 21.6. The van der Waals surface area contributed by atoms with Crippen LogP contribution in [-0.2, 0) is 10.0 Å². The molecule has 2 heterocycles. The molecule has 0 aliphatic carbocycles. The third-order valence-electron chi connectivity index (χ3n) is 5.61. The number of para-hydroxylation sites is 1. The second kappa shape index (κ2) is 8.97. The van der Waals surface area contributed by atoms with Gasteiger partial charge in [0.15, 0.2) is 0 Å². The molecular formula is C24H21ClN4O3S. The summed E-state index contributed by atoms with van der Waals surface area (Å²) in [5.41, 5.74) is 1.75. The van der Waals surface area contributed by atoms with Crippen LogP contribution in [0.3, 0.4) is 0 Å². The van der Waals surface area contributed by atoms with Crippen molar-refractivity contribution in [3.8, 4) is 22.8 Å². The van der Waals surface area contributed by atoms with Gasteiger partial charge >= 0.3 is 0 Å². The molecular weight excluding hydrogens is 460 g/mol. The van der Waals surface area contributed by atoms with Crippen molar-refractivity contribution in [1.29, 1.82) is 0 Å². The first-order valence-corrected chi connectivity index (χ1v) is 12.3. The first-order valence-electron chi connectivity index (χ1n) is 10.5. The van der Waals surface area contributed by atoms with E-state index in [1.54, 1.807) is 41.1 Å². The summed E-state index contributed by atoms with van der Waals surface area (Å²) in [6.07, 6.45) is 2.54. The Balaban J connectivity index is 1.28. The topological polar surface area (TPSA) is 77.3 Å². The van der Waals surface area contributed by atoms with Gasteiger partial charge in [-0.25, -0.2) is 13.1 Å². The molecule has 1 aliphatic rings. The van der Waals surface area contributed by atoms with Gasteiger partial charge in [-0.1, -0.05) is 59.3 Å². The summed E-state index contributed by atoms with van der Waals surface area (Å²) in [4.78, 5) is 0.221. The van der Waals surface area contributed by atoms with E-state index >= 15 is 0 Å². The molecule has 0 spiro atoms. The largest absolute Gasteiger partial charge is 0.456 e. The number of aromatic nitrogens is 3. The van der Waals surface area contributed by atoms with E-state index < -0.39 is 10.0 Å². The molecule has 1 saturated heterocycles. The van der Waals surface area contributed by atoms with Crippen LogP contribution < -0.4 is 4.74 Å². The minimum atomic E-state index is -3.63. The molecule has 33 heavy (non-hydrogen) atoms. The lowest BCUT2D eigenvalue weighted by atomic mass is 10.2. The van der Waals surface area contributed by atoms with E-state index in [0.29, 0.717) is 36.0 Å². The molecule has 1 aliphatic heterocycles. The number of hydrogen-bond donors (Lipinski definition) is 0. The van der Waals surface area contributed by atoms with E-state index in [0.717, 1.165) is 11.3 Å². The standard InChI is InChI=1S/C24H21ClN4O3S/c25-22-8-4-5-9-24(22)32-20-10-12-21(13-11-20)33(30,31)28-15-14-19(16-28)29-17-23(26-27-29)18-6-2-1-3-7-18/h1-13,17,19H,14-16H2. The second-order valence-corrected chi connectivity index (χ2v) is 10.1. The maximum Gasteiger partial charge on any atom is 0.243 e. The third kappa shape index (κ3) is 4.50. The summed E-state index contributed by atoms with van der Waals surface area (Å²) >= 11 is 6.13. The van der Waals surface area contributed by atoms with Gasteiger partial charge < -0.3 is 4.74 Å². The number of benzene rings is 3. The van der Waals surface area contributed by atoms with Crippen LogP contribution in [0.2, 0.25) is 5.02 Å². The van der Waals surface area contributed by atoms with Crippen molar-refractivity contribution in [2.45, 2.75) is 17.4 Å². The van der Waals surface area contributed by atoms with Gasteiger partial charge in [-0.15, -0.1) is 5.10 Å². The number of sulfonamides is 1. The molecule has 7 nitrogen and oxygen atoms in total. The van der Waals surface area contributed by atoms with E-state index in [1.165, 1.54) is 4.31 Å². The number of halogens is 1. The van der Waals surface area contributed by atoms with Gasteiger partial charge in [-0.05, 0) is 42.8 Å². The average molecular weight is 481 g/mol. The van der Waals surface area contributed by atoms with Crippen molar-refractivity contribution >= 4 is 21.6 Å². The molecule has 1 fully saturated rings. The number of nitrogens with zero attached hydrogens (tertiary/aromatic N) is 4. The van der Waals surface area contributed by atoms with Crippen LogP contribution in [-0.4, -0.2) is 40.8 Å². The minimum absolute atomic E-state index is 0.0624. The quantitative estimate of drug-likeness (QED) is 0.387. The maximum atomic E-state index is 13.2. The Kier molecular flexibility index (Phi) is 5.88. The van der Waals surface area contributed by atoms with Gasteiger partial charge in [0.2, 0.25) is 10.0 Å². The van der Waals surface area contributed by atoms with Crippen LogP contribution in [0.25, 0.3) is 11.3 Å². The fourth-order valence-corrected chi connectivity index (χ4v) is 5.49. The molecule has 0 bridgehead atoms. The predicted molar refractivity (Wildman–Crippen MR) is 126 cm³/mol. The molecule has 1 atom stereocenters. The zero-order chi connectivity index (χ0) is 22.8. The van der Waals surface area contributed by atoms with E-state index in [2.05, 4.69) is 10.3 Å². The van der Waals surface area contributed by atoms with Gasteiger partial charge in [-0.3, -0.25) is 0 Å². The highest BCUT2D eigenvalue weighted by Crippen LogP contribution is 2.31. The smallest absolute Gasteiger partial charge is 0.243 e. The Morgan fingerprint density at radius 3 is 2.42 bits per heavy atom. The monoisotopic (exact) mass is 480 g/mol. The Bertz CT molecular complexity index is 1360. The molecule has 1 unspecified atom stereocenters. The summed E-state index contributed by atoms with van der Waals surface area (Å²) in [5, 5.41) is 8.98. The number of ether oxygens (including phenoxy) is 1. The van der Waals surface area contributed by atoms with Crippen LogP contribution in [0.5, 0.6) is 11.5 Å². The Labute approximate surface area is 197 Å². The minimum Gasteiger partial charge on any atom is -0.456 e. The Morgan fingerprint density at radius 1 is 0.939 bits per heavy atom. The van der Waals surface area contributed by atoms with Crippen molar-refractivity contribution in [3.63, 3.8) is 0 Å². The highest BCUT2D eigenvalue weighted by Gasteiger charge is 2.34. The maximum absolute atomic E-state index is 13.2. The van der Waals surface area contributed by atoms with Crippen molar-refractivity contribution in [3.05, 3.63) is 90.1 Å². The molecule has 9 heteroatoms. The summed E-state index contributed by atoms with van der Waals surface area (Å²) in [6, 6.07) is 23.2. The first-order chi connectivity index (χ1) is 16.0. The summed E-state index contributed by atoms with van der Waals surface area (Å²) in [5.74, 6) is 1.03. The Hall–Kier alpha value is -3.20. The molecule has 0 radical (unpaired) electrons. The van der Waals surface area contributed by atoms with Crippen LogP contribution in [0, 0.1) is 0 Å². The third-order valence-corrected chi connectivity index (χ3v) is 7.80. The molecule has 0 N–H and O–H groups in total. The summed E-state index contributed by atoms with van der Waals surface area (Å²) in [7, 11) is -3.63. The fraction of sp³-hybridized carbons (Fsp3) is 0.167. The number of hydrogen-bond acceptors (Lipinski definition) is 5. The van der Waals surface area contributed by atoms with Gasteiger partial charge in [0, 0.05) is 18.7 Å². The SMILES string of the molecule is O=S(=O)(c1ccc(Oc2ccccc2Cl)cc1)N1CCC(n2cc(-c3ccccc3)nn2)C1. The van der Waals surface area contributed by atoms with E-state index in [9.17, 15) is 8.42 Å². The summed E-state index contributed by atoms with van der Waals surface area (Å²) in [6.45, 7) is 0.767. The van der Waals surface area contributed by atoms with Gasteiger partial charge in [0.05, 0.1) is 22.2 Å². The van der Waals surface area contributed by atoms with E-state index in [1.807, 2.05) is 48.7 Å². The van der Waals surface area contributed by atoms with Crippen LogP contribution in [0.1, 0.15) is 12.5 Å². The lowest BCUT2D eigenvalue weighted by Gasteiger charge is -2.17. The van der Waals surface area contributed by atoms with Crippen LogP contribution in [0.4, 0.5) is 0 Å². The molecule has 1 aromatic heterocycles. The van der Waals surface area contributed by atoms with Crippen molar-refractivity contribution in [1.82, 2.24) is 19.3 Å². The van der Waals surface area contributed by atoms with E-state index in [4.69, 9.17) is 16.3 Å². The predicted octanol–water partition coefficient (Wildman–Crippen LogP) is 5.03. The van der Waals surface area contributed by atoms with Gasteiger partial charge in [-0.2, -0.15) is 4.31 Å². The zero-order valence-electron chi connectivity index (χ0n) is 17.6. The lowest BCUT2D eigenvalue weighted by molar-refractivity contribution is 0.428. The molecule has 3 aromatic carbocycles. The highest BCUT2D eigenvalue weighted by molar-refractivity contribution is 7.89. The Morgan fingerprint density at radius 2 is 1.67 bits per heavy atom. The fourth-order valence-electron chi connectivity index (χ4n) is 3.82. The van der Waals surface area contributed by atoms with E-state index in [-0.39, 0.29) is 10.9 Å². The van der Waals surface area contributed by atoms with Crippen molar-refractivity contribution < 1.29 is 13.2 Å². The molecule has 0 saturated carbocycles. The number of rotatable bonds is 6. The molecule has 5 rings (SSSR count). The highest BCUT2D eigenvalue weighted by atomic mass is 35.5. The molecule has 168 valence electrons. The van der Waals surface area contributed by atoms with Gasteiger partial charge in [0.25, 0.3) is 0 Å². The van der Waals surface area contributed by atoms with Crippen LogP contribution >= 0.6 is 11.6 Å². The molecule has 4 aromatic rings. The lowest BCUT2D eigenvalue weighted by Crippen LogP contribution is -2.29. The van der Waals surface area contributed by atoms with Gasteiger partial charge in [0.1, 0.15) is 17.2 Å². The summed E-state index contributed by atoms with van der Waals surface area (Å²) < 4.78 is 35.4. The zero-order valence-corrected chi connectivity index (χ0v) is 19.2. The van der Waals surface area contributed by atoms with Crippen LogP contribution in [0.15, 0.2) is 90.0 Å². The average Bonchev–Trinajstić information content (AvgIpc) is 3.52. The normalized spacial score (nSPS) is 16.7.